The van der Waals surface area contributed by atoms with E-state index < -0.39 is 6.10 Å². The molecule has 1 saturated heterocycles. The Morgan fingerprint density at radius 1 is 1.25 bits per heavy atom. The number of aliphatic hydroxyl groups is 1. The van der Waals surface area contributed by atoms with E-state index in [0.717, 1.165) is 51.6 Å². The van der Waals surface area contributed by atoms with Crippen molar-refractivity contribution in [2.75, 3.05) is 26.8 Å². The second kappa shape index (κ2) is 8.70. The molecule has 0 radical (unpaired) electrons. The topological polar surface area (TPSA) is 78.9 Å². The van der Waals surface area contributed by atoms with Crippen molar-refractivity contribution < 1.29 is 19.4 Å². The molecule has 0 aromatic rings. The Morgan fingerprint density at radius 2 is 1.89 bits per heavy atom. The molecule has 0 bridgehead atoms. The van der Waals surface area contributed by atoms with Crippen molar-refractivity contribution >= 4 is 11.8 Å². The van der Waals surface area contributed by atoms with Crippen molar-refractivity contribution in [2.45, 2.75) is 71.4 Å². The summed E-state index contributed by atoms with van der Waals surface area (Å²) in [5.74, 6) is 0.240. The molecular formula is C22H38N2O4. The van der Waals surface area contributed by atoms with Gasteiger partial charge in [0.15, 0.2) is 0 Å². The Hall–Kier alpha value is -1.14. The minimum Gasteiger partial charge on any atom is -0.392 e. The van der Waals surface area contributed by atoms with Crippen molar-refractivity contribution in [1.82, 2.24) is 10.2 Å². The summed E-state index contributed by atoms with van der Waals surface area (Å²) in [5.41, 5.74) is 0.0776. The molecule has 0 unspecified atom stereocenters. The average Bonchev–Trinajstić information content (AvgIpc) is 3.18. The highest BCUT2D eigenvalue weighted by atomic mass is 16.5. The third kappa shape index (κ3) is 4.09. The first-order valence-electron chi connectivity index (χ1n) is 11.0. The molecule has 0 aromatic heterocycles. The maximum Gasteiger partial charge on any atom is 0.246 e. The predicted molar refractivity (Wildman–Crippen MR) is 108 cm³/mol. The number of likely N-dealkylation sites (tertiary alicyclic amines) is 1. The van der Waals surface area contributed by atoms with Gasteiger partial charge in [-0.05, 0) is 61.7 Å². The molecule has 3 fully saturated rings. The van der Waals surface area contributed by atoms with E-state index in [4.69, 9.17) is 4.74 Å². The average molecular weight is 395 g/mol. The van der Waals surface area contributed by atoms with E-state index in [1.807, 2.05) is 11.8 Å². The molecule has 1 aliphatic heterocycles. The van der Waals surface area contributed by atoms with Gasteiger partial charge in [-0.1, -0.05) is 20.8 Å². The predicted octanol–water partition coefficient (Wildman–Crippen LogP) is 2.20. The third-order valence-corrected chi connectivity index (χ3v) is 7.96. The molecule has 0 aromatic carbocycles. The van der Waals surface area contributed by atoms with E-state index in [9.17, 15) is 14.7 Å². The van der Waals surface area contributed by atoms with Crippen LogP contribution >= 0.6 is 0 Å². The molecule has 3 rings (SSSR count). The number of amides is 2. The molecule has 3 aliphatic rings. The van der Waals surface area contributed by atoms with Crippen LogP contribution in [0.2, 0.25) is 0 Å². The van der Waals surface area contributed by atoms with Gasteiger partial charge in [0.1, 0.15) is 6.61 Å². The molecule has 1 heterocycles. The van der Waals surface area contributed by atoms with E-state index in [1.165, 1.54) is 7.11 Å². The number of hydrogen-bond donors (Lipinski definition) is 2. The molecule has 2 N–H and O–H groups in total. The van der Waals surface area contributed by atoms with Gasteiger partial charge in [-0.2, -0.15) is 0 Å². The lowest BCUT2D eigenvalue weighted by atomic mass is 9.51. The molecule has 6 heteroatoms. The minimum absolute atomic E-state index is 0.00190. The number of carbonyl (C=O) groups excluding carboxylic acids is 2. The lowest BCUT2D eigenvalue weighted by Crippen LogP contribution is -2.58. The number of fused-ring (bicyclic) bond motifs is 1. The van der Waals surface area contributed by atoms with E-state index in [0.29, 0.717) is 0 Å². The summed E-state index contributed by atoms with van der Waals surface area (Å²) in [6.45, 7) is 8.22. The van der Waals surface area contributed by atoms with Gasteiger partial charge in [0.05, 0.1) is 6.10 Å². The summed E-state index contributed by atoms with van der Waals surface area (Å²) < 4.78 is 4.95. The standard InChI is InChI=1S/C22H38N2O4/c1-14(21(27)24-11-5-6-12-24)16-7-9-22(3)10-8-17(23-18(25)13-28-4)15(2)19(22)20(16)26/h14-17,19-20,26H,5-13H2,1-4H3,(H,23,25)/t14-,15+,16-,17-,19+,20-,22-/m0/s1. The van der Waals surface area contributed by atoms with Crippen LogP contribution in [0.25, 0.3) is 0 Å². The monoisotopic (exact) mass is 394 g/mol. The fourth-order valence-corrected chi connectivity index (χ4v) is 6.29. The Kier molecular flexibility index (Phi) is 6.70. The fraction of sp³-hybridized carbons (Fsp3) is 0.909. The highest BCUT2D eigenvalue weighted by Crippen LogP contribution is 2.55. The summed E-state index contributed by atoms with van der Waals surface area (Å²) in [5, 5.41) is 14.5. The SMILES string of the molecule is COCC(=O)N[C@H]1CC[C@]2(C)CC[C@@H]([C@H](C)C(=O)N3CCCC3)[C@H](O)[C@H]2[C@@H]1C. The molecule has 7 atom stereocenters. The van der Waals surface area contributed by atoms with Crippen LogP contribution in [0, 0.1) is 29.1 Å². The van der Waals surface area contributed by atoms with Crippen molar-refractivity contribution in [3.8, 4) is 0 Å². The van der Waals surface area contributed by atoms with Crippen LogP contribution in [-0.2, 0) is 14.3 Å². The molecule has 2 aliphatic carbocycles. The number of nitrogens with one attached hydrogen (secondary N) is 1. The molecule has 160 valence electrons. The van der Waals surface area contributed by atoms with E-state index in [1.54, 1.807) is 0 Å². The van der Waals surface area contributed by atoms with Crippen LogP contribution in [0.1, 0.15) is 59.3 Å². The first-order chi connectivity index (χ1) is 13.3. The molecular weight excluding hydrogens is 356 g/mol. The quantitative estimate of drug-likeness (QED) is 0.749. The van der Waals surface area contributed by atoms with Gasteiger partial charge in [-0.25, -0.2) is 0 Å². The van der Waals surface area contributed by atoms with Crippen molar-refractivity contribution in [3.63, 3.8) is 0 Å². The second-order valence-electron chi connectivity index (χ2n) is 9.70. The number of carbonyl (C=O) groups is 2. The van der Waals surface area contributed by atoms with Gasteiger partial charge in [0.2, 0.25) is 11.8 Å². The minimum atomic E-state index is -0.502. The van der Waals surface area contributed by atoms with E-state index in [-0.39, 0.29) is 53.5 Å². The lowest BCUT2D eigenvalue weighted by Gasteiger charge is -2.56. The zero-order valence-corrected chi connectivity index (χ0v) is 17.9. The largest absolute Gasteiger partial charge is 0.392 e. The lowest BCUT2D eigenvalue weighted by molar-refractivity contribution is -0.150. The number of nitrogens with zero attached hydrogens (tertiary/aromatic N) is 1. The van der Waals surface area contributed by atoms with Gasteiger partial charge < -0.3 is 20.1 Å². The Labute approximate surface area is 169 Å². The molecule has 2 saturated carbocycles. The van der Waals surface area contributed by atoms with Gasteiger partial charge in [-0.15, -0.1) is 0 Å². The van der Waals surface area contributed by atoms with Crippen LogP contribution in [0.5, 0.6) is 0 Å². The Balaban J connectivity index is 1.72. The van der Waals surface area contributed by atoms with Gasteiger partial charge in [0.25, 0.3) is 0 Å². The number of aliphatic hydroxyl groups excluding tert-OH is 1. The van der Waals surface area contributed by atoms with Gasteiger partial charge in [0, 0.05) is 32.2 Å². The van der Waals surface area contributed by atoms with Crippen molar-refractivity contribution in [2.24, 2.45) is 29.1 Å². The van der Waals surface area contributed by atoms with Crippen molar-refractivity contribution in [3.05, 3.63) is 0 Å². The fourth-order valence-electron chi connectivity index (χ4n) is 6.29. The Morgan fingerprint density at radius 3 is 2.54 bits per heavy atom. The van der Waals surface area contributed by atoms with Crippen molar-refractivity contribution in [1.29, 1.82) is 0 Å². The number of methoxy groups -OCH3 is 1. The summed E-state index contributed by atoms with van der Waals surface area (Å²) in [6, 6.07) is 0.0544. The number of ether oxygens (including phenoxy) is 1. The number of hydrogen-bond acceptors (Lipinski definition) is 4. The summed E-state index contributed by atoms with van der Waals surface area (Å²) in [6.07, 6.45) is 5.56. The van der Waals surface area contributed by atoms with E-state index >= 15 is 0 Å². The zero-order valence-electron chi connectivity index (χ0n) is 17.9. The normalized spacial score (nSPS) is 39.3. The molecule has 2 amide bonds. The van der Waals surface area contributed by atoms with Crippen LogP contribution in [0.4, 0.5) is 0 Å². The summed E-state index contributed by atoms with van der Waals surface area (Å²) in [4.78, 5) is 27.0. The zero-order chi connectivity index (χ0) is 20.5. The Bertz CT molecular complexity index is 577. The first-order valence-corrected chi connectivity index (χ1v) is 11.0. The van der Waals surface area contributed by atoms with Crippen LogP contribution in [-0.4, -0.2) is 60.8 Å². The van der Waals surface area contributed by atoms with Gasteiger partial charge in [-0.3, -0.25) is 9.59 Å². The highest BCUT2D eigenvalue weighted by molar-refractivity contribution is 5.79. The third-order valence-electron chi connectivity index (χ3n) is 7.96. The maximum atomic E-state index is 12.9. The summed E-state index contributed by atoms with van der Waals surface area (Å²) >= 11 is 0. The maximum absolute atomic E-state index is 12.9. The van der Waals surface area contributed by atoms with Crippen LogP contribution < -0.4 is 5.32 Å². The highest BCUT2D eigenvalue weighted by Gasteiger charge is 2.54. The summed E-state index contributed by atoms with van der Waals surface area (Å²) in [7, 11) is 1.52. The molecule has 28 heavy (non-hydrogen) atoms. The van der Waals surface area contributed by atoms with Gasteiger partial charge >= 0.3 is 0 Å². The molecule has 0 spiro atoms. The number of rotatable bonds is 5. The van der Waals surface area contributed by atoms with Crippen LogP contribution in [0.3, 0.4) is 0 Å². The molecule has 6 nitrogen and oxygen atoms in total. The second-order valence-corrected chi connectivity index (χ2v) is 9.70. The smallest absolute Gasteiger partial charge is 0.246 e. The van der Waals surface area contributed by atoms with E-state index in [2.05, 4.69) is 19.2 Å². The van der Waals surface area contributed by atoms with Crippen LogP contribution in [0.15, 0.2) is 0 Å². The first kappa shape index (κ1) is 21.6.